The molecule has 0 bridgehead atoms. The maximum atomic E-state index is 13.9. The predicted octanol–water partition coefficient (Wildman–Crippen LogP) is 4.64. The minimum absolute atomic E-state index is 0.0206. The van der Waals surface area contributed by atoms with Gasteiger partial charge in [-0.1, -0.05) is 42.5 Å². The molecule has 206 valence electrons. The first-order valence-corrected chi connectivity index (χ1v) is 13.0. The SMILES string of the molecule is CN(C)c1cc(N2CCCOC2=O)c2nc(C(=O)CCc3ccc(F)cc3)c(OCc3ccccc3)c(=O)n2c1. The standard InChI is InChI=1S/C30H29FN4O5/c1-33(2)23-17-24(34-15-6-16-39-30(34)38)28-32-26(25(36)14-11-20-9-12-22(31)13-10-20)27(29(37)35(28)18-23)40-19-21-7-4-3-5-8-21/h3-5,7-10,12-13,17-18H,6,11,14-16,19H2,1-2H3. The van der Waals surface area contributed by atoms with Gasteiger partial charge in [0.05, 0.1) is 18.0 Å². The van der Waals surface area contributed by atoms with Crippen LogP contribution in [-0.2, 0) is 17.8 Å². The van der Waals surface area contributed by atoms with Crippen molar-refractivity contribution in [3.05, 3.63) is 99.9 Å². The van der Waals surface area contributed by atoms with Gasteiger partial charge >= 0.3 is 11.7 Å². The first kappa shape index (κ1) is 26.9. The molecule has 2 aromatic carbocycles. The molecule has 0 atom stereocenters. The lowest BCUT2D eigenvalue weighted by molar-refractivity contribution is 0.0972. The Morgan fingerprint density at radius 2 is 1.82 bits per heavy atom. The zero-order valence-corrected chi connectivity index (χ0v) is 22.3. The second-order valence-corrected chi connectivity index (χ2v) is 9.71. The summed E-state index contributed by atoms with van der Waals surface area (Å²) in [6.45, 7) is 0.737. The average molecular weight is 545 g/mol. The van der Waals surface area contributed by atoms with E-state index in [9.17, 15) is 18.8 Å². The van der Waals surface area contributed by atoms with Crippen molar-refractivity contribution in [2.75, 3.05) is 37.0 Å². The highest BCUT2D eigenvalue weighted by atomic mass is 19.1. The zero-order chi connectivity index (χ0) is 28.2. The quantitative estimate of drug-likeness (QED) is 0.284. The molecule has 0 saturated carbocycles. The Balaban J connectivity index is 1.62. The van der Waals surface area contributed by atoms with E-state index in [-0.39, 0.29) is 35.9 Å². The van der Waals surface area contributed by atoms with Crippen LogP contribution in [-0.4, -0.2) is 48.5 Å². The predicted molar refractivity (Wildman–Crippen MR) is 149 cm³/mol. The molecular weight excluding hydrogens is 515 g/mol. The maximum Gasteiger partial charge on any atom is 0.414 e. The first-order valence-electron chi connectivity index (χ1n) is 13.0. The third-order valence-electron chi connectivity index (χ3n) is 6.67. The summed E-state index contributed by atoms with van der Waals surface area (Å²) in [6, 6.07) is 16.9. The normalized spacial score (nSPS) is 13.3. The number of amides is 1. The van der Waals surface area contributed by atoms with E-state index in [0.717, 1.165) is 11.1 Å². The van der Waals surface area contributed by atoms with E-state index in [0.29, 0.717) is 37.4 Å². The number of aromatic nitrogens is 2. The van der Waals surface area contributed by atoms with Gasteiger partial charge in [-0.25, -0.2) is 14.2 Å². The van der Waals surface area contributed by atoms with Gasteiger partial charge in [-0.3, -0.25) is 18.9 Å². The van der Waals surface area contributed by atoms with Crippen LogP contribution in [0.4, 0.5) is 20.6 Å². The Bertz CT molecular complexity index is 1600. The molecular formula is C30H29FN4O5. The van der Waals surface area contributed by atoms with Gasteiger partial charge < -0.3 is 14.4 Å². The number of nitrogens with zero attached hydrogens (tertiary/aromatic N) is 4. The maximum absolute atomic E-state index is 13.9. The van der Waals surface area contributed by atoms with Crippen LogP contribution in [0, 0.1) is 5.82 Å². The van der Waals surface area contributed by atoms with E-state index in [1.807, 2.05) is 44.4 Å². The summed E-state index contributed by atoms with van der Waals surface area (Å²) in [6.07, 6.45) is 2.00. The fraction of sp³-hybridized carbons (Fsp3) is 0.267. The van der Waals surface area contributed by atoms with Crippen molar-refractivity contribution >= 4 is 28.9 Å². The van der Waals surface area contributed by atoms with Crippen LogP contribution in [0.25, 0.3) is 5.65 Å². The number of aryl methyl sites for hydroxylation is 1. The van der Waals surface area contributed by atoms with Crippen LogP contribution >= 0.6 is 0 Å². The molecule has 0 spiro atoms. The Morgan fingerprint density at radius 3 is 2.52 bits per heavy atom. The summed E-state index contributed by atoms with van der Waals surface area (Å²) in [5.74, 6) is -0.943. The van der Waals surface area contributed by atoms with Crippen LogP contribution in [0.1, 0.15) is 34.5 Å². The van der Waals surface area contributed by atoms with Crippen molar-refractivity contribution < 1.29 is 23.5 Å². The molecule has 3 heterocycles. The topological polar surface area (TPSA) is 93.4 Å². The third kappa shape index (κ3) is 5.66. The number of anilines is 2. The van der Waals surface area contributed by atoms with Crippen LogP contribution in [0.3, 0.4) is 0 Å². The highest BCUT2D eigenvalue weighted by molar-refractivity contribution is 5.99. The Morgan fingerprint density at radius 1 is 1.07 bits per heavy atom. The monoisotopic (exact) mass is 544 g/mol. The summed E-state index contributed by atoms with van der Waals surface area (Å²) < 4.78 is 25.9. The number of cyclic esters (lactones) is 1. The molecule has 1 aliphatic heterocycles. The molecule has 2 aromatic heterocycles. The number of fused-ring (bicyclic) bond motifs is 1. The number of benzene rings is 2. The van der Waals surface area contributed by atoms with E-state index < -0.39 is 17.4 Å². The smallest absolute Gasteiger partial charge is 0.414 e. The van der Waals surface area contributed by atoms with E-state index >= 15 is 0 Å². The molecule has 1 amide bonds. The molecule has 1 aliphatic rings. The number of ketones is 1. The molecule has 9 nitrogen and oxygen atoms in total. The van der Waals surface area contributed by atoms with E-state index in [2.05, 4.69) is 4.98 Å². The second kappa shape index (κ2) is 11.6. The number of rotatable bonds is 9. The van der Waals surface area contributed by atoms with Crippen molar-refractivity contribution in [3.8, 4) is 5.75 Å². The lowest BCUT2D eigenvalue weighted by Gasteiger charge is -2.28. The second-order valence-electron chi connectivity index (χ2n) is 9.71. The number of carbonyl (C=O) groups is 2. The third-order valence-corrected chi connectivity index (χ3v) is 6.67. The summed E-state index contributed by atoms with van der Waals surface area (Å²) >= 11 is 0. The van der Waals surface area contributed by atoms with Gasteiger partial charge in [0.2, 0.25) is 5.75 Å². The largest absolute Gasteiger partial charge is 0.481 e. The van der Waals surface area contributed by atoms with Crippen molar-refractivity contribution in [1.82, 2.24) is 9.38 Å². The number of hydrogen-bond acceptors (Lipinski definition) is 7. The molecule has 4 aromatic rings. The number of pyridine rings is 1. The van der Waals surface area contributed by atoms with Gasteiger partial charge in [-0.15, -0.1) is 0 Å². The van der Waals surface area contributed by atoms with Crippen molar-refractivity contribution in [2.24, 2.45) is 0 Å². The zero-order valence-electron chi connectivity index (χ0n) is 22.3. The number of ether oxygens (including phenoxy) is 2. The summed E-state index contributed by atoms with van der Waals surface area (Å²) in [5, 5.41) is 0. The molecule has 1 fully saturated rings. The van der Waals surface area contributed by atoms with Crippen molar-refractivity contribution in [3.63, 3.8) is 0 Å². The van der Waals surface area contributed by atoms with E-state index in [1.165, 1.54) is 21.4 Å². The molecule has 0 unspecified atom stereocenters. The van der Waals surface area contributed by atoms with Gasteiger partial charge in [0.1, 0.15) is 12.4 Å². The van der Waals surface area contributed by atoms with Gasteiger partial charge in [-0.05, 0) is 42.2 Å². The lowest BCUT2D eigenvalue weighted by Crippen LogP contribution is -2.38. The Labute approximate surface area is 230 Å². The van der Waals surface area contributed by atoms with Gasteiger partial charge in [0.25, 0.3) is 0 Å². The number of halogens is 1. The van der Waals surface area contributed by atoms with Gasteiger partial charge in [-0.2, -0.15) is 0 Å². The molecule has 1 saturated heterocycles. The van der Waals surface area contributed by atoms with Crippen LogP contribution in [0.5, 0.6) is 5.75 Å². The van der Waals surface area contributed by atoms with E-state index in [1.54, 1.807) is 29.3 Å². The van der Waals surface area contributed by atoms with Gasteiger partial charge in [0.15, 0.2) is 17.1 Å². The highest BCUT2D eigenvalue weighted by Crippen LogP contribution is 2.29. The van der Waals surface area contributed by atoms with Crippen LogP contribution in [0.15, 0.2) is 71.7 Å². The molecule has 40 heavy (non-hydrogen) atoms. The minimum Gasteiger partial charge on any atom is -0.481 e. The summed E-state index contributed by atoms with van der Waals surface area (Å²) in [4.78, 5) is 48.1. The molecule has 5 rings (SSSR count). The number of carbonyl (C=O) groups excluding carboxylic acids is 2. The molecule has 10 heteroatoms. The lowest BCUT2D eigenvalue weighted by atomic mass is 10.1. The van der Waals surface area contributed by atoms with Crippen LogP contribution in [0.2, 0.25) is 0 Å². The summed E-state index contributed by atoms with van der Waals surface area (Å²) in [7, 11) is 3.64. The fourth-order valence-corrected chi connectivity index (χ4v) is 4.48. The van der Waals surface area contributed by atoms with Crippen LogP contribution < -0.4 is 20.1 Å². The van der Waals surface area contributed by atoms with Crippen molar-refractivity contribution in [1.29, 1.82) is 0 Å². The average Bonchev–Trinajstić information content (AvgIpc) is 2.96. The first-order chi connectivity index (χ1) is 19.3. The van der Waals surface area contributed by atoms with Crippen molar-refractivity contribution in [2.45, 2.75) is 25.9 Å². The van der Waals surface area contributed by atoms with E-state index in [4.69, 9.17) is 9.47 Å². The van der Waals surface area contributed by atoms with Gasteiger partial charge in [0, 0.05) is 33.3 Å². The Kier molecular flexibility index (Phi) is 7.77. The summed E-state index contributed by atoms with van der Waals surface area (Å²) in [5.41, 5.74) is 2.05. The molecule has 0 radical (unpaired) electrons. The highest BCUT2D eigenvalue weighted by Gasteiger charge is 2.28. The Hall–Kier alpha value is -4.73. The molecule has 0 N–H and O–H groups in total. The number of Topliss-reactive ketones (excluding diaryl/α,β-unsaturated/α-hetero) is 1. The fourth-order valence-electron chi connectivity index (χ4n) is 4.48. The minimum atomic E-state index is -0.568. The number of hydrogen-bond donors (Lipinski definition) is 0. The molecule has 0 aliphatic carbocycles.